The number of piperazine rings is 1. The molecule has 2 aromatic rings. The number of nitrogens with zero attached hydrogens (tertiary/aromatic N) is 6. The average Bonchev–Trinajstić information content (AvgIpc) is 3.26. The van der Waals surface area contributed by atoms with E-state index in [0.717, 1.165) is 44.5 Å². The molecule has 0 amide bonds. The second-order valence-electron chi connectivity index (χ2n) is 9.29. The summed E-state index contributed by atoms with van der Waals surface area (Å²) < 4.78 is 2.05. The SMILES string of the molecule is CCC(C)(C)n1nnnc1C(c1ccccc1)N1CCN(C2CCCCC2)CC1. The zero-order valence-electron chi connectivity index (χ0n) is 18.3. The second-order valence-corrected chi connectivity index (χ2v) is 9.29. The predicted molar refractivity (Wildman–Crippen MR) is 116 cm³/mol. The van der Waals surface area contributed by atoms with E-state index in [1.54, 1.807) is 0 Å². The van der Waals surface area contributed by atoms with Crippen molar-refractivity contribution < 1.29 is 0 Å². The number of tetrazole rings is 1. The van der Waals surface area contributed by atoms with E-state index < -0.39 is 0 Å². The molecule has 2 heterocycles. The van der Waals surface area contributed by atoms with Gasteiger partial charge >= 0.3 is 0 Å². The molecule has 2 fully saturated rings. The molecule has 1 saturated heterocycles. The summed E-state index contributed by atoms with van der Waals surface area (Å²) in [6.45, 7) is 11.1. The molecule has 29 heavy (non-hydrogen) atoms. The van der Waals surface area contributed by atoms with Crippen molar-refractivity contribution >= 4 is 0 Å². The van der Waals surface area contributed by atoms with Crippen LogP contribution in [0.4, 0.5) is 0 Å². The summed E-state index contributed by atoms with van der Waals surface area (Å²) in [4.78, 5) is 5.32. The Labute approximate surface area is 175 Å². The number of rotatable bonds is 6. The number of benzene rings is 1. The minimum absolute atomic E-state index is 0.101. The minimum Gasteiger partial charge on any atom is -0.298 e. The van der Waals surface area contributed by atoms with Crippen molar-refractivity contribution in [2.45, 2.75) is 76.9 Å². The molecule has 1 atom stereocenters. The van der Waals surface area contributed by atoms with Gasteiger partial charge in [0.1, 0.15) is 0 Å². The lowest BCUT2D eigenvalue weighted by atomic mass is 9.93. The topological polar surface area (TPSA) is 50.1 Å². The van der Waals surface area contributed by atoms with Crippen LogP contribution in [0.1, 0.15) is 76.7 Å². The molecule has 2 aliphatic rings. The van der Waals surface area contributed by atoms with Crippen LogP contribution in [0.5, 0.6) is 0 Å². The quantitative estimate of drug-likeness (QED) is 0.742. The van der Waals surface area contributed by atoms with Crippen LogP contribution in [-0.4, -0.2) is 62.2 Å². The van der Waals surface area contributed by atoms with Gasteiger partial charge in [0, 0.05) is 32.2 Å². The Morgan fingerprint density at radius 3 is 2.34 bits per heavy atom. The highest BCUT2D eigenvalue weighted by Gasteiger charge is 2.35. The smallest absolute Gasteiger partial charge is 0.173 e. The molecule has 1 aromatic heterocycles. The maximum Gasteiger partial charge on any atom is 0.173 e. The van der Waals surface area contributed by atoms with Crippen LogP contribution < -0.4 is 0 Å². The summed E-state index contributed by atoms with van der Waals surface area (Å²) in [6, 6.07) is 11.7. The Hall–Kier alpha value is -1.79. The molecule has 1 aromatic carbocycles. The van der Waals surface area contributed by atoms with E-state index in [4.69, 9.17) is 0 Å². The fourth-order valence-electron chi connectivity index (χ4n) is 4.91. The lowest BCUT2D eigenvalue weighted by Gasteiger charge is -2.43. The van der Waals surface area contributed by atoms with Gasteiger partial charge in [-0.15, -0.1) is 5.10 Å². The van der Waals surface area contributed by atoms with Crippen molar-refractivity contribution in [1.82, 2.24) is 30.0 Å². The van der Waals surface area contributed by atoms with Gasteiger partial charge in [-0.1, -0.05) is 56.5 Å². The number of aromatic nitrogens is 4. The Morgan fingerprint density at radius 2 is 1.69 bits per heavy atom. The highest BCUT2D eigenvalue weighted by atomic mass is 15.6. The molecule has 1 saturated carbocycles. The lowest BCUT2D eigenvalue weighted by molar-refractivity contribution is 0.0606. The Morgan fingerprint density at radius 1 is 1.00 bits per heavy atom. The number of hydrogen-bond acceptors (Lipinski definition) is 5. The van der Waals surface area contributed by atoms with Crippen LogP contribution in [0.3, 0.4) is 0 Å². The van der Waals surface area contributed by atoms with E-state index in [0.29, 0.717) is 0 Å². The standard InChI is InChI=1S/C23H36N6/c1-4-23(2,3)29-22(24-25-26-29)21(19-11-7-5-8-12-19)28-17-15-27(16-18-28)20-13-9-6-10-14-20/h5,7-8,11-12,20-21H,4,6,9-10,13-18H2,1-3H3. The zero-order valence-corrected chi connectivity index (χ0v) is 18.3. The van der Waals surface area contributed by atoms with Crippen molar-refractivity contribution in [3.05, 3.63) is 41.7 Å². The maximum absolute atomic E-state index is 4.54. The predicted octanol–water partition coefficient (Wildman–Crippen LogP) is 3.86. The average molecular weight is 397 g/mol. The molecule has 0 bridgehead atoms. The van der Waals surface area contributed by atoms with Crippen LogP contribution in [0.15, 0.2) is 30.3 Å². The van der Waals surface area contributed by atoms with Crippen LogP contribution in [0, 0.1) is 0 Å². The van der Waals surface area contributed by atoms with Crippen molar-refractivity contribution in [2.24, 2.45) is 0 Å². The zero-order chi connectivity index (χ0) is 20.3. The fourth-order valence-corrected chi connectivity index (χ4v) is 4.91. The first kappa shape index (κ1) is 20.5. The molecule has 0 spiro atoms. The largest absolute Gasteiger partial charge is 0.298 e. The first-order valence-electron chi connectivity index (χ1n) is 11.4. The summed E-state index contributed by atoms with van der Waals surface area (Å²) in [6.07, 6.45) is 7.97. The molecular weight excluding hydrogens is 360 g/mol. The van der Waals surface area contributed by atoms with Crippen molar-refractivity contribution in [3.63, 3.8) is 0 Å². The lowest BCUT2D eigenvalue weighted by Crippen LogP contribution is -2.52. The molecule has 0 N–H and O–H groups in total. The highest BCUT2D eigenvalue weighted by Crippen LogP contribution is 2.32. The Bertz CT molecular complexity index is 757. The van der Waals surface area contributed by atoms with Gasteiger partial charge < -0.3 is 0 Å². The van der Waals surface area contributed by atoms with Crippen LogP contribution in [0.25, 0.3) is 0 Å². The molecule has 1 aliphatic heterocycles. The molecule has 1 unspecified atom stereocenters. The van der Waals surface area contributed by atoms with E-state index in [2.05, 4.69) is 81.1 Å². The molecule has 6 heteroatoms. The maximum atomic E-state index is 4.54. The fraction of sp³-hybridized carbons (Fsp3) is 0.696. The second kappa shape index (κ2) is 8.92. The van der Waals surface area contributed by atoms with Crippen LogP contribution >= 0.6 is 0 Å². The van der Waals surface area contributed by atoms with Gasteiger partial charge in [-0.05, 0) is 49.1 Å². The molecular formula is C23H36N6. The van der Waals surface area contributed by atoms with Crippen LogP contribution in [-0.2, 0) is 5.54 Å². The van der Waals surface area contributed by atoms with Gasteiger partial charge in [0.2, 0.25) is 0 Å². The van der Waals surface area contributed by atoms with E-state index in [9.17, 15) is 0 Å². The summed E-state index contributed by atoms with van der Waals surface area (Å²) in [5.74, 6) is 0.967. The number of hydrogen-bond donors (Lipinski definition) is 0. The normalized spacial score (nSPS) is 21.3. The highest BCUT2D eigenvalue weighted by molar-refractivity contribution is 5.25. The molecule has 1 aliphatic carbocycles. The van der Waals surface area contributed by atoms with Crippen molar-refractivity contribution in [2.75, 3.05) is 26.2 Å². The molecule has 0 radical (unpaired) electrons. The molecule has 158 valence electrons. The van der Waals surface area contributed by atoms with E-state index in [1.807, 2.05) is 0 Å². The summed E-state index contributed by atoms with van der Waals surface area (Å²) in [5, 5.41) is 13.0. The Balaban J connectivity index is 1.58. The monoisotopic (exact) mass is 396 g/mol. The molecule has 6 nitrogen and oxygen atoms in total. The van der Waals surface area contributed by atoms with Crippen LogP contribution in [0.2, 0.25) is 0 Å². The summed E-state index contributed by atoms with van der Waals surface area (Å²) >= 11 is 0. The van der Waals surface area contributed by atoms with Gasteiger partial charge in [0.15, 0.2) is 5.82 Å². The van der Waals surface area contributed by atoms with E-state index >= 15 is 0 Å². The van der Waals surface area contributed by atoms with Gasteiger partial charge in [-0.25, -0.2) is 4.68 Å². The Kier molecular flexibility index (Phi) is 6.30. The first-order valence-corrected chi connectivity index (χ1v) is 11.4. The first-order chi connectivity index (χ1) is 14.1. The molecule has 4 rings (SSSR count). The van der Waals surface area contributed by atoms with Gasteiger partial charge in [-0.3, -0.25) is 9.80 Å². The van der Waals surface area contributed by atoms with Gasteiger partial charge in [-0.2, -0.15) is 0 Å². The van der Waals surface area contributed by atoms with E-state index in [-0.39, 0.29) is 11.6 Å². The third-order valence-electron chi connectivity index (χ3n) is 7.10. The third-order valence-corrected chi connectivity index (χ3v) is 7.10. The third kappa shape index (κ3) is 4.38. The van der Waals surface area contributed by atoms with Gasteiger partial charge in [0.05, 0.1) is 11.6 Å². The van der Waals surface area contributed by atoms with Crippen molar-refractivity contribution in [3.8, 4) is 0 Å². The van der Waals surface area contributed by atoms with E-state index in [1.165, 1.54) is 37.7 Å². The summed E-state index contributed by atoms with van der Waals surface area (Å²) in [5.41, 5.74) is 1.18. The van der Waals surface area contributed by atoms with Gasteiger partial charge in [0.25, 0.3) is 0 Å². The minimum atomic E-state index is -0.101. The van der Waals surface area contributed by atoms with Crippen molar-refractivity contribution in [1.29, 1.82) is 0 Å². The summed E-state index contributed by atoms with van der Waals surface area (Å²) in [7, 11) is 0.